The topological polar surface area (TPSA) is 72.4 Å². The molecule has 2 fully saturated rings. The minimum atomic E-state index is -1.20. The van der Waals surface area contributed by atoms with Crippen molar-refractivity contribution in [3.8, 4) is 0 Å². The van der Waals surface area contributed by atoms with E-state index in [1.165, 1.54) is 0 Å². The quantitative estimate of drug-likeness (QED) is 0.819. The van der Waals surface area contributed by atoms with Gasteiger partial charge in [-0.1, -0.05) is 0 Å². The predicted octanol–water partition coefficient (Wildman–Crippen LogP) is 1.70. The van der Waals surface area contributed by atoms with Crippen molar-refractivity contribution in [2.45, 2.75) is 50.2 Å². The molecule has 2 saturated heterocycles. The van der Waals surface area contributed by atoms with E-state index in [0.29, 0.717) is 6.07 Å². The van der Waals surface area contributed by atoms with E-state index < -0.39 is 17.5 Å². The lowest BCUT2D eigenvalue weighted by Gasteiger charge is -2.41. The van der Waals surface area contributed by atoms with E-state index in [1.807, 2.05) is 4.90 Å². The minimum Gasteiger partial charge on any atom is -0.336 e. The fourth-order valence-corrected chi connectivity index (χ4v) is 4.22. The summed E-state index contributed by atoms with van der Waals surface area (Å²) in [5, 5.41) is 0. The van der Waals surface area contributed by atoms with Crippen molar-refractivity contribution in [2.24, 2.45) is 17.4 Å². The number of carbonyl (C=O) groups excluding carboxylic acids is 1. The zero-order chi connectivity index (χ0) is 17.4. The number of nitrogens with zero attached hydrogens (tertiary/aromatic N) is 1. The Morgan fingerprint density at radius 2 is 1.71 bits per heavy atom. The predicted molar refractivity (Wildman–Crippen MR) is 83.4 cm³/mol. The summed E-state index contributed by atoms with van der Waals surface area (Å²) in [6.07, 6.45) is 3.50. The zero-order valence-electron chi connectivity index (χ0n) is 13.4. The van der Waals surface area contributed by atoms with Gasteiger partial charge in [0.05, 0.1) is 6.54 Å². The van der Waals surface area contributed by atoms with E-state index in [1.54, 1.807) is 0 Å². The number of rotatable bonds is 4. The second kappa shape index (κ2) is 6.72. The van der Waals surface area contributed by atoms with Crippen LogP contribution >= 0.6 is 0 Å². The van der Waals surface area contributed by atoms with E-state index in [-0.39, 0.29) is 48.5 Å². The van der Waals surface area contributed by atoms with Gasteiger partial charge in [0.1, 0.15) is 5.82 Å². The summed E-state index contributed by atoms with van der Waals surface area (Å²) in [4.78, 5) is 13.8. The Morgan fingerprint density at radius 3 is 2.29 bits per heavy atom. The molecule has 2 aliphatic rings. The van der Waals surface area contributed by atoms with Crippen LogP contribution in [0.1, 0.15) is 31.2 Å². The Balaban J connectivity index is 1.68. The molecule has 132 valence electrons. The van der Waals surface area contributed by atoms with Gasteiger partial charge in [-0.2, -0.15) is 0 Å². The van der Waals surface area contributed by atoms with Gasteiger partial charge in [-0.15, -0.1) is 0 Å². The normalized spacial score (nSPS) is 27.4. The fourth-order valence-electron chi connectivity index (χ4n) is 4.22. The molecule has 0 radical (unpaired) electrons. The Kier molecular flexibility index (Phi) is 4.83. The monoisotopic (exact) mass is 341 g/mol. The molecule has 0 aliphatic carbocycles. The standard InChI is InChI=1S/C17H22F3N3O/c18-13-7-15(20)14(19)5-9(13)6-16(22)10-3-11-1-2-12(4-10)23(11)17(24)8-21/h5,7,10-12,16H,1-4,6,8,21-22H2/t10?,11-,12+,16-/m0/s1. The first-order chi connectivity index (χ1) is 11.4. The third kappa shape index (κ3) is 3.15. The maximum atomic E-state index is 13.8. The largest absolute Gasteiger partial charge is 0.336 e. The number of hydrogen-bond acceptors (Lipinski definition) is 3. The van der Waals surface area contributed by atoms with Crippen LogP contribution in [-0.2, 0) is 11.2 Å². The van der Waals surface area contributed by atoms with Crippen LogP contribution < -0.4 is 11.5 Å². The zero-order valence-corrected chi connectivity index (χ0v) is 13.4. The average Bonchev–Trinajstić information content (AvgIpc) is 2.81. The third-order valence-corrected chi connectivity index (χ3v) is 5.38. The molecule has 1 aromatic rings. The molecule has 4 N–H and O–H groups in total. The first-order valence-corrected chi connectivity index (χ1v) is 8.31. The Bertz CT molecular complexity index is 626. The summed E-state index contributed by atoms with van der Waals surface area (Å²) in [5.74, 6) is -2.96. The third-order valence-electron chi connectivity index (χ3n) is 5.38. The molecule has 1 unspecified atom stereocenters. The van der Waals surface area contributed by atoms with E-state index in [9.17, 15) is 18.0 Å². The van der Waals surface area contributed by atoms with E-state index in [0.717, 1.165) is 31.7 Å². The van der Waals surface area contributed by atoms with Crippen molar-refractivity contribution >= 4 is 5.91 Å². The maximum Gasteiger partial charge on any atom is 0.236 e. The molecule has 0 saturated carbocycles. The lowest BCUT2D eigenvalue weighted by atomic mass is 9.82. The highest BCUT2D eigenvalue weighted by molar-refractivity contribution is 5.79. The number of hydrogen-bond donors (Lipinski definition) is 2. The Labute approximate surface area is 139 Å². The fraction of sp³-hybridized carbons (Fsp3) is 0.588. The van der Waals surface area contributed by atoms with E-state index >= 15 is 0 Å². The van der Waals surface area contributed by atoms with Crippen molar-refractivity contribution in [1.82, 2.24) is 4.90 Å². The molecule has 3 rings (SSSR count). The highest BCUT2D eigenvalue weighted by Crippen LogP contribution is 2.40. The maximum absolute atomic E-state index is 13.8. The van der Waals surface area contributed by atoms with Crippen LogP contribution in [0.3, 0.4) is 0 Å². The van der Waals surface area contributed by atoms with E-state index in [4.69, 9.17) is 11.5 Å². The molecule has 0 spiro atoms. The molecule has 1 amide bonds. The molecule has 0 aromatic heterocycles. The second-order valence-electron chi connectivity index (χ2n) is 6.85. The van der Waals surface area contributed by atoms with E-state index in [2.05, 4.69) is 0 Å². The van der Waals surface area contributed by atoms with Gasteiger partial charge in [-0.3, -0.25) is 4.79 Å². The molecule has 2 bridgehead atoms. The first kappa shape index (κ1) is 17.2. The van der Waals surface area contributed by atoms with Gasteiger partial charge in [0, 0.05) is 24.2 Å². The summed E-state index contributed by atoms with van der Waals surface area (Å²) in [5.41, 5.74) is 11.8. The van der Waals surface area contributed by atoms with Crippen molar-refractivity contribution in [1.29, 1.82) is 0 Å². The van der Waals surface area contributed by atoms with Gasteiger partial charge in [0.25, 0.3) is 0 Å². The van der Waals surface area contributed by atoms with Gasteiger partial charge in [-0.05, 0) is 49.7 Å². The molecule has 2 aliphatic heterocycles. The molecular weight excluding hydrogens is 319 g/mol. The lowest BCUT2D eigenvalue weighted by Crippen LogP contribution is -2.51. The highest BCUT2D eigenvalue weighted by Gasteiger charge is 2.44. The molecule has 24 heavy (non-hydrogen) atoms. The Hall–Kier alpha value is -1.60. The van der Waals surface area contributed by atoms with Crippen LogP contribution in [0.25, 0.3) is 0 Å². The SMILES string of the molecule is NCC(=O)N1[C@@H]2CC[C@H]1CC([C@@H](N)Cc1cc(F)c(F)cc1F)C2. The first-order valence-electron chi connectivity index (χ1n) is 8.31. The summed E-state index contributed by atoms with van der Waals surface area (Å²) >= 11 is 0. The minimum absolute atomic E-state index is 0.00376. The summed E-state index contributed by atoms with van der Waals surface area (Å²) in [7, 11) is 0. The van der Waals surface area contributed by atoms with Crippen LogP contribution in [0.4, 0.5) is 13.2 Å². The summed E-state index contributed by atoms with van der Waals surface area (Å²) < 4.78 is 40.2. The van der Waals surface area contributed by atoms with Gasteiger partial charge in [-0.25, -0.2) is 13.2 Å². The van der Waals surface area contributed by atoms with Crippen molar-refractivity contribution in [2.75, 3.05) is 6.54 Å². The lowest BCUT2D eigenvalue weighted by molar-refractivity contribution is -0.134. The van der Waals surface area contributed by atoms with Crippen molar-refractivity contribution in [3.63, 3.8) is 0 Å². The average molecular weight is 341 g/mol. The summed E-state index contributed by atoms with van der Waals surface area (Å²) in [6, 6.07) is 1.34. The number of amides is 1. The second-order valence-corrected chi connectivity index (χ2v) is 6.85. The van der Waals surface area contributed by atoms with Gasteiger partial charge >= 0.3 is 0 Å². The molecule has 1 aromatic carbocycles. The molecule has 2 heterocycles. The number of halogens is 3. The molecular formula is C17H22F3N3O. The summed E-state index contributed by atoms with van der Waals surface area (Å²) in [6.45, 7) is 0.00376. The highest BCUT2D eigenvalue weighted by atomic mass is 19.2. The van der Waals surface area contributed by atoms with Crippen LogP contribution in [-0.4, -0.2) is 35.5 Å². The van der Waals surface area contributed by atoms with Gasteiger partial charge in [0.2, 0.25) is 5.91 Å². The van der Waals surface area contributed by atoms with Crippen LogP contribution in [0.15, 0.2) is 12.1 Å². The number of piperidine rings is 1. The van der Waals surface area contributed by atoms with Crippen LogP contribution in [0.5, 0.6) is 0 Å². The molecule has 4 nitrogen and oxygen atoms in total. The Morgan fingerprint density at radius 1 is 1.12 bits per heavy atom. The number of nitrogens with two attached hydrogens (primary N) is 2. The van der Waals surface area contributed by atoms with Crippen LogP contribution in [0, 0.1) is 23.4 Å². The van der Waals surface area contributed by atoms with Crippen LogP contribution in [0.2, 0.25) is 0 Å². The van der Waals surface area contributed by atoms with Crippen molar-refractivity contribution < 1.29 is 18.0 Å². The molecule has 4 atom stereocenters. The number of carbonyl (C=O) groups is 1. The van der Waals surface area contributed by atoms with Gasteiger partial charge < -0.3 is 16.4 Å². The van der Waals surface area contributed by atoms with Crippen molar-refractivity contribution in [3.05, 3.63) is 35.1 Å². The number of benzene rings is 1. The smallest absolute Gasteiger partial charge is 0.236 e. The van der Waals surface area contributed by atoms with Gasteiger partial charge in [0.15, 0.2) is 11.6 Å². The molecule has 7 heteroatoms. The number of fused-ring (bicyclic) bond motifs is 2.